The molecule has 0 saturated carbocycles. The number of nitrogens with one attached hydrogen (secondary N) is 1. The lowest BCUT2D eigenvalue weighted by Crippen LogP contribution is -2.28. The molecule has 1 aliphatic rings. The standard InChI is InChI=1S/C21H21FN2O4/c1-13-3-4-14(2)18(9-13)24-11-15(10-20(24)26)21(27)28-12-19(25)23-17-7-5-16(22)6-8-17/h3-9,15H,10-12H2,1-2H3,(H,23,25)/t15-/m0/s1. The molecule has 0 aliphatic carbocycles. The average Bonchev–Trinajstić information content (AvgIpc) is 3.05. The zero-order chi connectivity index (χ0) is 20.3. The smallest absolute Gasteiger partial charge is 0.311 e. The van der Waals surface area contributed by atoms with Crippen molar-refractivity contribution in [1.29, 1.82) is 0 Å². The number of nitrogens with zero attached hydrogens (tertiary/aromatic N) is 1. The van der Waals surface area contributed by atoms with Crippen molar-refractivity contribution in [3.8, 4) is 0 Å². The molecule has 1 N–H and O–H groups in total. The third-order valence-electron chi connectivity index (χ3n) is 4.59. The van der Waals surface area contributed by atoms with E-state index >= 15 is 0 Å². The monoisotopic (exact) mass is 384 g/mol. The summed E-state index contributed by atoms with van der Waals surface area (Å²) in [6, 6.07) is 11.1. The van der Waals surface area contributed by atoms with Gasteiger partial charge in [0.2, 0.25) is 5.91 Å². The van der Waals surface area contributed by atoms with E-state index in [1.54, 1.807) is 4.90 Å². The van der Waals surface area contributed by atoms with Crippen molar-refractivity contribution in [1.82, 2.24) is 0 Å². The van der Waals surface area contributed by atoms with E-state index in [2.05, 4.69) is 5.32 Å². The van der Waals surface area contributed by atoms with Crippen LogP contribution in [0.25, 0.3) is 0 Å². The topological polar surface area (TPSA) is 75.7 Å². The van der Waals surface area contributed by atoms with E-state index in [1.807, 2.05) is 32.0 Å². The Bertz CT molecular complexity index is 911. The highest BCUT2D eigenvalue weighted by Crippen LogP contribution is 2.29. The Morgan fingerprint density at radius 3 is 2.61 bits per heavy atom. The molecule has 0 aromatic heterocycles. The van der Waals surface area contributed by atoms with Crippen molar-refractivity contribution in [2.75, 3.05) is 23.4 Å². The lowest BCUT2D eigenvalue weighted by molar-refractivity contribution is -0.151. The van der Waals surface area contributed by atoms with Gasteiger partial charge in [0, 0.05) is 24.3 Å². The van der Waals surface area contributed by atoms with E-state index in [1.165, 1.54) is 24.3 Å². The largest absolute Gasteiger partial charge is 0.455 e. The number of amides is 2. The summed E-state index contributed by atoms with van der Waals surface area (Å²) < 4.78 is 17.9. The molecular weight excluding hydrogens is 363 g/mol. The first kappa shape index (κ1) is 19.5. The highest BCUT2D eigenvalue weighted by molar-refractivity contribution is 6.00. The van der Waals surface area contributed by atoms with Gasteiger partial charge in [0.15, 0.2) is 6.61 Å². The summed E-state index contributed by atoms with van der Waals surface area (Å²) in [6.45, 7) is 3.61. The fourth-order valence-corrected chi connectivity index (χ4v) is 3.09. The van der Waals surface area contributed by atoms with E-state index < -0.39 is 30.2 Å². The Labute approximate surface area is 162 Å². The number of halogens is 1. The Balaban J connectivity index is 1.55. The molecule has 1 saturated heterocycles. The highest BCUT2D eigenvalue weighted by Gasteiger charge is 2.36. The van der Waals surface area contributed by atoms with Crippen LogP contribution in [0.15, 0.2) is 42.5 Å². The van der Waals surface area contributed by atoms with Gasteiger partial charge in [-0.1, -0.05) is 12.1 Å². The van der Waals surface area contributed by atoms with Crippen LogP contribution in [0, 0.1) is 25.6 Å². The maximum atomic E-state index is 12.9. The second-order valence-corrected chi connectivity index (χ2v) is 6.86. The third kappa shape index (κ3) is 4.54. The van der Waals surface area contributed by atoms with Crippen LogP contribution in [0.5, 0.6) is 0 Å². The second-order valence-electron chi connectivity index (χ2n) is 6.86. The first-order valence-corrected chi connectivity index (χ1v) is 8.93. The molecule has 2 amide bonds. The van der Waals surface area contributed by atoms with Gasteiger partial charge in [-0.2, -0.15) is 0 Å². The normalized spacial score (nSPS) is 16.2. The van der Waals surface area contributed by atoms with E-state index in [4.69, 9.17) is 4.74 Å². The van der Waals surface area contributed by atoms with E-state index in [0.717, 1.165) is 16.8 Å². The fraction of sp³-hybridized carbons (Fsp3) is 0.286. The SMILES string of the molecule is Cc1ccc(C)c(N2C[C@@H](C(=O)OCC(=O)Nc3ccc(F)cc3)CC2=O)c1. The summed E-state index contributed by atoms with van der Waals surface area (Å²) in [5.41, 5.74) is 3.16. The molecule has 1 fully saturated rings. The zero-order valence-corrected chi connectivity index (χ0v) is 15.7. The molecule has 28 heavy (non-hydrogen) atoms. The van der Waals surface area contributed by atoms with Crippen LogP contribution in [-0.4, -0.2) is 30.9 Å². The average molecular weight is 384 g/mol. The summed E-state index contributed by atoms with van der Waals surface area (Å²) in [5.74, 6) is -2.30. The number of hydrogen-bond acceptors (Lipinski definition) is 4. The maximum absolute atomic E-state index is 12.9. The van der Waals surface area contributed by atoms with E-state index in [-0.39, 0.29) is 18.9 Å². The van der Waals surface area contributed by atoms with Crippen molar-refractivity contribution in [3.05, 3.63) is 59.4 Å². The summed E-state index contributed by atoms with van der Waals surface area (Å²) >= 11 is 0. The second kappa shape index (κ2) is 8.21. The summed E-state index contributed by atoms with van der Waals surface area (Å²) in [4.78, 5) is 38.1. The number of rotatable bonds is 5. The maximum Gasteiger partial charge on any atom is 0.311 e. The molecule has 1 atom stereocenters. The van der Waals surface area contributed by atoms with Gasteiger partial charge in [-0.05, 0) is 55.3 Å². The highest BCUT2D eigenvalue weighted by atomic mass is 19.1. The number of ether oxygens (including phenoxy) is 1. The van der Waals surface area contributed by atoms with Crippen LogP contribution in [0.1, 0.15) is 17.5 Å². The predicted octanol–water partition coefficient (Wildman–Crippen LogP) is 2.98. The minimum absolute atomic E-state index is 0.0474. The molecule has 2 aromatic carbocycles. The quantitative estimate of drug-likeness (QED) is 0.804. The number of hydrogen-bond donors (Lipinski definition) is 1. The molecule has 7 heteroatoms. The summed E-state index contributed by atoms with van der Waals surface area (Å²) in [5, 5.41) is 2.51. The first-order valence-electron chi connectivity index (χ1n) is 8.93. The number of esters is 1. The molecule has 0 unspecified atom stereocenters. The number of carbonyl (C=O) groups is 3. The number of carbonyl (C=O) groups excluding carboxylic acids is 3. The van der Waals surface area contributed by atoms with Crippen LogP contribution in [0.3, 0.4) is 0 Å². The minimum Gasteiger partial charge on any atom is -0.455 e. The number of aryl methyl sites for hydroxylation is 2. The zero-order valence-electron chi connectivity index (χ0n) is 15.7. The van der Waals surface area contributed by atoms with Gasteiger partial charge in [0.05, 0.1) is 5.92 Å². The van der Waals surface area contributed by atoms with Crippen molar-refractivity contribution in [2.24, 2.45) is 5.92 Å². The summed E-state index contributed by atoms with van der Waals surface area (Å²) in [7, 11) is 0. The molecule has 0 radical (unpaired) electrons. The molecule has 2 aromatic rings. The first-order chi connectivity index (χ1) is 13.3. The minimum atomic E-state index is -0.619. The van der Waals surface area contributed by atoms with Gasteiger partial charge in [0.25, 0.3) is 5.91 Å². The molecule has 1 heterocycles. The lowest BCUT2D eigenvalue weighted by Gasteiger charge is -2.19. The van der Waals surface area contributed by atoms with Crippen LogP contribution in [-0.2, 0) is 19.1 Å². The Kier molecular flexibility index (Phi) is 5.73. The van der Waals surface area contributed by atoms with E-state index in [9.17, 15) is 18.8 Å². The van der Waals surface area contributed by atoms with Gasteiger partial charge in [-0.25, -0.2) is 4.39 Å². The molecule has 1 aliphatic heterocycles. The van der Waals surface area contributed by atoms with Crippen molar-refractivity contribution in [3.63, 3.8) is 0 Å². The Morgan fingerprint density at radius 1 is 1.18 bits per heavy atom. The molecular formula is C21H21FN2O4. The van der Waals surface area contributed by atoms with Crippen LogP contribution in [0.4, 0.5) is 15.8 Å². The molecule has 6 nitrogen and oxygen atoms in total. The Morgan fingerprint density at radius 2 is 1.89 bits per heavy atom. The number of benzene rings is 2. The Hall–Kier alpha value is -3.22. The van der Waals surface area contributed by atoms with Gasteiger partial charge in [-0.3, -0.25) is 14.4 Å². The van der Waals surface area contributed by atoms with Gasteiger partial charge >= 0.3 is 5.97 Å². The lowest BCUT2D eigenvalue weighted by atomic mass is 10.1. The van der Waals surface area contributed by atoms with Crippen LogP contribution in [0.2, 0.25) is 0 Å². The van der Waals surface area contributed by atoms with Crippen molar-refractivity contribution in [2.45, 2.75) is 20.3 Å². The molecule has 3 rings (SSSR count). The van der Waals surface area contributed by atoms with Gasteiger partial charge in [-0.15, -0.1) is 0 Å². The fourth-order valence-electron chi connectivity index (χ4n) is 3.09. The van der Waals surface area contributed by atoms with Crippen LogP contribution < -0.4 is 10.2 Å². The van der Waals surface area contributed by atoms with Gasteiger partial charge < -0.3 is 15.0 Å². The van der Waals surface area contributed by atoms with Crippen LogP contribution >= 0.6 is 0 Å². The predicted molar refractivity (Wildman–Crippen MR) is 102 cm³/mol. The van der Waals surface area contributed by atoms with Gasteiger partial charge in [0.1, 0.15) is 5.82 Å². The third-order valence-corrected chi connectivity index (χ3v) is 4.59. The van der Waals surface area contributed by atoms with E-state index in [0.29, 0.717) is 5.69 Å². The molecule has 0 bridgehead atoms. The summed E-state index contributed by atoms with van der Waals surface area (Å²) in [6.07, 6.45) is 0.0474. The molecule has 0 spiro atoms. The van der Waals surface area contributed by atoms with Crippen molar-refractivity contribution < 1.29 is 23.5 Å². The molecule has 146 valence electrons. The number of anilines is 2. The van der Waals surface area contributed by atoms with Crippen molar-refractivity contribution >= 4 is 29.2 Å².